The highest BCUT2D eigenvalue weighted by Crippen LogP contribution is 2.23. The second-order valence-corrected chi connectivity index (χ2v) is 6.11. The topological polar surface area (TPSA) is 80.9 Å². The summed E-state index contributed by atoms with van der Waals surface area (Å²) in [4.78, 5) is 14.9. The quantitative estimate of drug-likeness (QED) is 0.822. The van der Waals surface area contributed by atoms with E-state index in [1.54, 1.807) is 17.5 Å². The summed E-state index contributed by atoms with van der Waals surface area (Å²) in [5.74, 6) is 0.198. The minimum absolute atomic E-state index is 0.0197. The van der Waals surface area contributed by atoms with Crippen LogP contribution in [0, 0.1) is 0 Å². The van der Waals surface area contributed by atoms with Gasteiger partial charge in [-0.2, -0.15) is 0 Å². The van der Waals surface area contributed by atoms with Crippen molar-refractivity contribution in [2.45, 2.75) is 31.5 Å². The van der Waals surface area contributed by atoms with Crippen LogP contribution in [-0.4, -0.2) is 36.6 Å². The molecule has 1 N–H and O–H groups in total. The molecule has 0 aliphatic carbocycles. The number of carboxylic acids is 1. The zero-order valence-electron chi connectivity index (χ0n) is 10.6. The summed E-state index contributed by atoms with van der Waals surface area (Å²) in [5.41, 5.74) is 0. The van der Waals surface area contributed by atoms with Gasteiger partial charge in [-0.05, 0) is 0 Å². The van der Waals surface area contributed by atoms with Gasteiger partial charge >= 0.3 is 5.97 Å². The zero-order valence-corrected chi connectivity index (χ0v) is 12.2. The standard InChI is InChI=1S/C11H14N4O2S2/c1-7(2)10-13-14-11(19-6-9(16)17)15(10)5-8-12-3-4-18-8/h3-4,7H,5-6H2,1-2H3,(H,16,17). The van der Waals surface area contributed by atoms with Gasteiger partial charge in [0.2, 0.25) is 0 Å². The van der Waals surface area contributed by atoms with Crippen molar-refractivity contribution < 1.29 is 9.90 Å². The molecular weight excluding hydrogens is 284 g/mol. The van der Waals surface area contributed by atoms with Gasteiger partial charge in [0.1, 0.15) is 10.8 Å². The van der Waals surface area contributed by atoms with Crippen LogP contribution in [0.5, 0.6) is 0 Å². The van der Waals surface area contributed by atoms with Crippen molar-refractivity contribution in [2.75, 3.05) is 5.75 Å². The summed E-state index contributed by atoms with van der Waals surface area (Å²) < 4.78 is 1.94. The Balaban J connectivity index is 2.25. The van der Waals surface area contributed by atoms with E-state index in [0.29, 0.717) is 11.7 Å². The molecule has 2 aromatic rings. The highest BCUT2D eigenvalue weighted by Gasteiger charge is 2.17. The molecule has 0 spiro atoms. The Labute approximate surface area is 118 Å². The number of carboxylic acid groups (broad SMARTS) is 1. The second kappa shape index (κ2) is 6.16. The van der Waals surface area contributed by atoms with Crippen molar-refractivity contribution in [2.24, 2.45) is 0 Å². The van der Waals surface area contributed by atoms with Gasteiger partial charge in [0, 0.05) is 17.5 Å². The minimum Gasteiger partial charge on any atom is -0.481 e. The van der Waals surface area contributed by atoms with Crippen LogP contribution in [0.2, 0.25) is 0 Å². The van der Waals surface area contributed by atoms with E-state index >= 15 is 0 Å². The first kappa shape index (κ1) is 14.0. The molecular formula is C11H14N4O2S2. The van der Waals surface area contributed by atoms with Crippen molar-refractivity contribution in [3.8, 4) is 0 Å². The Morgan fingerprint density at radius 2 is 2.32 bits per heavy atom. The maximum absolute atomic E-state index is 10.7. The fourth-order valence-corrected chi connectivity index (χ4v) is 2.84. The summed E-state index contributed by atoms with van der Waals surface area (Å²) in [5, 5.41) is 20.5. The second-order valence-electron chi connectivity index (χ2n) is 4.19. The Kier molecular flexibility index (Phi) is 4.54. The third-order valence-electron chi connectivity index (χ3n) is 2.36. The number of thioether (sulfide) groups is 1. The summed E-state index contributed by atoms with van der Waals surface area (Å²) in [6.07, 6.45) is 1.75. The number of nitrogens with zero attached hydrogens (tertiary/aromatic N) is 4. The Morgan fingerprint density at radius 1 is 1.53 bits per heavy atom. The molecule has 0 saturated carbocycles. The van der Waals surface area contributed by atoms with E-state index in [1.165, 1.54) is 11.8 Å². The van der Waals surface area contributed by atoms with E-state index in [2.05, 4.69) is 15.2 Å². The SMILES string of the molecule is CC(C)c1nnc(SCC(=O)O)n1Cc1nccs1. The molecule has 2 rings (SSSR count). The Hall–Kier alpha value is -1.41. The average molecular weight is 298 g/mol. The maximum Gasteiger partial charge on any atom is 0.313 e. The van der Waals surface area contributed by atoms with Crippen LogP contribution in [0.4, 0.5) is 0 Å². The molecule has 6 nitrogen and oxygen atoms in total. The molecule has 0 aromatic carbocycles. The van der Waals surface area contributed by atoms with Gasteiger partial charge < -0.3 is 5.11 Å². The van der Waals surface area contributed by atoms with Crippen LogP contribution < -0.4 is 0 Å². The lowest BCUT2D eigenvalue weighted by Crippen LogP contribution is -2.09. The van der Waals surface area contributed by atoms with Crippen molar-refractivity contribution in [3.63, 3.8) is 0 Å². The van der Waals surface area contributed by atoms with E-state index in [9.17, 15) is 4.79 Å². The van der Waals surface area contributed by atoms with Crippen LogP contribution in [0.3, 0.4) is 0 Å². The fraction of sp³-hybridized carbons (Fsp3) is 0.455. The van der Waals surface area contributed by atoms with Gasteiger partial charge in [-0.15, -0.1) is 21.5 Å². The number of thiazole rings is 1. The first-order valence-corrected chi connectivity index (χ1v) is 7.60. The lowest BCUT2D eigenvalue weighted by atomic mass is 10.2. The van der Waals surface area contributed by atoms with Crippen LogP contribution in [-0.2, 0) is 11.3 Å². The molecule has 0 aliphatic heterocycles. The minimum atomic E-state index is -0.861. The molecule has 2 aromatic heterocycles. The Morgan fingerprint density at radius 3 is 2.89 bits per heavy atom. The van der Waals surface area contributed by atoms with E-state index in [4.69, 9.17) is 5.11 Å². The smallest absolute Gasteiger partial charge is 0.313 e. The number of aromatic nitrogens is 4. The monoisotopic (exact) mass is 298 g/mol. The van der Waals surface area contributed by atoms with Gasteiger partial charge in [-0.3, -0.25) is 9.36 Å². The summed E-state index contributed by atoms with van der Waals surface area (Å²) in [6, 6.07) is 0. The maximum atomic E-state index is 10.7. The Bertz CT molecular complexity index is 551. The summed E-state index contributed by atoms with van der Waals surface area (Å²) >= 11 is 2.74. The lowest BCUT2D eigenvalue weighted by Gasteiger charge is -2.09. The summed E-state index contributed by atoms with van der Waals surface area (Å²) in [7, 11) is 0. The van der Waals surface area contributed by atoms with Gasteiger partial charge in [-0.25, -0.2) is 4.98 Å². The number of hydrogen-bond acceptors (Lipinski definition) is 6. The van der Waals surface area contributed by atoms with Crippen LogP contribution in [0.15, 0.2) is 16.7 Å². The third-order valence-corrected chi connectivity index (χ3v) is 4.08. The van der Waals surface area contributed by atoms with Gasteiger partial charge in [-0.1, -0.05) is 25.6 Å². The number of hydrogen-bond donors (Lipinski definition) is 1. The van der Waals surface area contributed by atoms with Gasteiger partial charge in [0.05, 0.1) is 12.3 Å². The molecule has 0 amide bonds. The van der Waals surface area contributed by atoms with E-state index in [-0.39, 0.29) is 11.7 Å². The van der Waals surface area contributed by atoms with Crippen molar-refractivity contribution in [1.29, 1.82) is 0 Å². The first-order valence-electron chi connectivity index (χ1n) is 5.74. The lowest BCUT2D eigenvalue weighted by molar-refractivity contribution is -0.133. The molecule has 102 valence electrons. The highest BCUT2D eigenvalue weighted by molar-refractivity contribution is 7.99. The molecule has 0 saturated heterocycles. The van der Waals surface area contributed by atoms with Crippen LogP contribution in [0.25, 0.3) is 0 Å². The predicted molar refractivity (Wildman–Crippen MR) is 73.7 cm³/mol. The van der Waals surface area contributed by atoms with Crippen molar-refractivity contribution in [1.82, 2.24) is 19.7 Å². The number of carbonyl (C=O) groups is 1. The molecule has 8 heteroatoms. The van der Waals surface area contributed by atoms with E-state index < -0.39 is 5.97 Å². The molecule has 0 aliphatic rings. The molecule has 0 fully saturated rings. The fourth-order valence-electron chi connectivity index (χ4n) is 1.58. The predicted octanol–water partition coefficient (Wildman–Crippen LogP) is 2.08. The molecule has 0 radical (unpaired) electrons. The first-order chi connectivity index (χ1) is 9.08. The van der Waals surface area contributed by atoms with Crippen molar-refractivity contribution in [3.05, 3.63) is 22.4 Å². The molecule has 0 atom stereocenters. The molecule has 19 heavy (non-hydrogen) atoms. The molecule has 2 heterocycles. The molecule has 0 unspecified atom stereocenters. The third kappa shape index (κ3) is 3.54. The number of rotatable bonds is 6. The summed E-state index contributed by atoms with van der Waals surface area (Å²) in [6.45, 7) is 4.65. The van der Waals surface area contributed by atoms with Crippen molar-refractivity contribution >= 4 is 29.1 Å². The average Bonchev–Trinajstić information content (AvgIpc) is 2.96. The largest absolute Gasteiger partial charge is 0.481 e. The van der Waals surface area contributed by atoms with Crippen LogP contribution in [0.1, 0.15) is 30.6 Å². The van der Waals surface area contributed by atoms with Gasteiger partial charge in [0.15, 0.2) is 5.16 Å². The van der Waals surface area contributed by atoms with E-state index in [0.717, 1.165) is 10.8 Å². The highest BCUT2D eigenvalue weighted by atomic mass is 32.2. The number of aliphatic carboxylic acids is 1. The van der Waals surface area contributed by atoms with Gasteiger partial charge in [0.25, 0.3) is 0 Å². The molecule has 0 bridgehead atoms. The normalized spacial score (nSPS) is 11.1. The zero-order chi connectivity index (χ0) is 13.8. The van der Waals surface area contributed by atoms with Crippen LogP contribution >= 0.6 is 23.1 Å². The van der Waals surface area contributed by atoms with E-state index in [1.807, 2.05) is 23.8 Å².